The number of benzene rings is 1. The van der Waals surface area contributed by atoms with Crippen molar-refractivity contribution >= 4 is 11.6 Å². The van der Waals surface area contributed by atoms with Crippen LogP contribution in [0, 0.1) is 0 Å². The first-order valence-corrected chi connectivity index (χ1v) is 5.59. The molecule has 0 aliphatic rings. The van der Waals surface area contributed by atoms with Crippen LogP contribution in [0.2, 0.25) is 5.02 Å². The van der Waals surface area contributed by atoms with Crippen molar-refractivity contribution in [1.82, 2.24) is 10.3 Å². The maximum Gasteiger partial charge on any atom is 0.208 e. The van der Waals surface area contributed by atoms with Crippen molar-refractivity contribution in [3.8, 4) is 11.3 Å². The second-order valence-corrected chi connectivity index (χ2v) is 3.79. The Morgan fingerprint density at radius 1 is 1.38 bits per heavy atom. The third-order valence-electron chi connectivity index (χ3n) is 2.22. The van der Waals surface area contributed by atoms with Crippen LogP contribution in [0.15, 0.2) is 34.9 Å². The molecule has 0 unspecified atom stereocenters. The molecule has 1 aromatic heterocycles. The Hall–Kier alpha value is -1.32. The highest BCUT2D eigenvalue weighted by molar-refractivity contribution is 6.33. The molecule has 1 N–H and O–H groups in total. The molecule has 0 aliphatic carbocycles. The molecule has 0 aliphatic heterocycles. The van der Waals surface area contributed by atoms with Crippen LogP contribution in [-0.4, -0.2) is 11.5 Å². The lowest BCUT2D eigenvalue weighted by Crippen LogP contribution is -2.11. The topological polar surface area (TPSA) is 38.1 Å². The van der Waals surface area contributed by atoms with Gasteiger partial charge in [-0.2, -0.15) is 0 Å². The van der Waals surface area contributed by atoms with E-state index >= 15 is 0 Å². The van der Waals surface area contributed by atoms with E-state index in [1.54, 1.807) is 6.20 Å². The summed E-state index contributed by atoms with van der Waals surface area (Å²) in [5.74, 6) is 1.38. The molecule has 0 saturated carbocycles. The number of hydrogen-bond donors (Lipinski definition) is 1. The third-order valence-corrected chi connectivity index (χ3v) is 2.55. The van der Waals surface area contributed by atoms with Crippen molar-refractivity contribution in [2.45, 2.75) is 13.5 Å². The van der Waals surface area contributed by atoms with Crippen LogP contribution >= 0.6 is 11.6 Å². The first-order chi connectivity index (χ1) is 7.81. The second-order valence-electron chi connectivity index (χ2n) is 3.38. The van der Waals surface area contributed by atoms with Crippen LogP contribution in [0.4, 0.5) is 0 Å². The summed E-state index contributed by atoms with van der Waals surface area (Å²) in [6, 6.07) is 7.57. The van der Waals surface area contributed by atoms with Gasteiger partial charge >= 0.3 is 0 Å². The summed E-state index contributed by atoms with van der Waals surface area (Å²) >= 11 is 6.07. The van der Waals surface area contributed by atoms with Crippen molar-refractivity contribution in [2.75, 3.05) is 6.54 Å². The lowest BCUT2D eigenvalue weighted by molar-refractivity contribution is 0.482. The van der Waals surface area contributed by atoms with Gasteiger partial charge in [0.1, 0.15) is 0 Å². The molecule has 0 amide bonds. The fraction of sp³-hybridized carbons (Fsp3) is 0.250. The number of nitrogens with zero attached hydrogens (tertiary/aromatic N) is 1. The Bertz CT molecular complexity index is 468. The Morgan fingerprint density at radius 3 is 2.94 bits per heavy atom. The summed E-state index contributed by atoms with van der Waals surface area (Å²) in [6.07, 6.45) is 1.70. The number of rotatable bonds is 4. The minimum atomic E-state index is 0.640. The second kappa shape index (κ2) is 5.14. The van der Waals surface area contributed by atoms with E-state index in [4.69, 9.17) is 16.0 Å². The average molecular weight is 237 g/mol. The lowest BCUT2D eigenvalue weighted by atomic mass is 10.2. The smallest absolute Gasteiger partial charge is 0.208 e. The van der Waals surface area contributed by atoms with Crippen molar-refractivity contribution in [3.05, 3.63) is 41.4 Å². The van der Waals surface area contributed by atoms with Gasteiger partial charge in [-0.25, -0.2) is 4.98 Å². The van der Waals surface area contributed by atoms with Crippen molar-refractivity contribution < 1.29 is 4.42 Å². The Labute approximate surface area is 99.5 Å². The molecule has 4 heteroatoms. The molecule has 0 radical (unpaired) electrons. The van der Waals surface area contributed by atoms with Crippen molar-refractivity contribution in [1.29, 1.82) is 0 Å². The lowest BCUT2D eigenvalue weighted by Gasteiger charge is -1.99. The fourth-order valence-corrected chi connectivity index (χ4v) is 1.64. The molecule has 0 bridgehead atoms. The van der Waals surface area contributed by atoms with Gasteiger partial charge in [0.2, 0.25) is 5.89 Å². The molecule has 1 aromatic carbocycles. The van der Waals surface area contributed by atoms with Crippen LogP contribution in [0.25, 0.3) is 11.3 Å². The van der Waals surface area contributed by atoms with E-state index in [-0.39, 0.29) is 0 Å². The highest BCUT2D eigenvalue weighted by Gasteiger charge is 2.08. The molecular formula is C12H13ClN2O. The van der Waals surface area contributed by atoms with E-state index < -0.39 is 0 Å². The Morgan fingerprint density at radius 2 is 2.19 bits per heavy atom. The summed E-state index contributed by atoms with van der Waals surface area (Å²) in [5.41, 5.74) is 0.874. The predicted octanol–water partition coefficient (Wildman–Crippen LogP) is 3.10. The van der Waals surface area contributed by atoms with Crippen LogP contribution in [0.3, 0.4) is 0 Å². The SMILES string of the molecule is CCNCc1ncc(-c2ccccc2Cl)o1. The van der Waals surface area contributed by atoms with E-state index in [0.717, 1.165) is 12.1 Å². The van der Waals surface area contributed by atoms with E-state index in [0.29, 0.717) is 23.2 Å². The van der Waals surface area contributed by atoms with Crippen LogP contribution in [0.1, 0.15) is 12.8 Å². The summed E-state index contributed by atoms with van der Waals surface area (Å²) in [6.45, 7) is 3.57. The monoisotopic (exact) mass is 236 g/mol. The molecule has 2 rings (SSSR count). The molecule has 0 fully saturated rings. The third kappa shape index (κ3) is 2.43. The molecule has 16 heavy (non-hydrogen) atoms. The minimum Gasteiger partial charge on any atom is -0.439 e. The van der Waals surface area contributed by atoms with Gasteiger partial charge < -0.3 is 9.73 Å². The summed E-state index contributed by atoms with van der Waals surface area (Å²) in [4.78, 5) is 4.18. The fourth-order valence-electron chi connectivity index (χ4n) is 1.41. The summed E-state index contributed by atoms with van der Waals surface area (Å²) in [7, 11) is 0. The van der Waals surface area contributed by atoms with E-state index in [1.807, 2.05) is 31.2 Å². The first-order valence-electron chi connectivity index (χ1n) is 5.21. The minimum absolute atomic E-state index is 0.640. The average Bonchev–Trinajstić information content (AvgIpc) is 2.75. The number of oxazole rings is 1. The zero-order valence-corrected chi connectivity index (χ0v) is 9.79. The molecule has 2 aromatic rings. The zero-order chi connectivity index (χ0) is 11.4. The van der Waals surface area contributed by atoms with Crippen LogP contribution in [-0.2, 0) is 6.54 Å². The first kappa shape index (κ1) is 11.2. The highest BCUT2D eigenvalue weighted by Crippen LogP contribution is 2.27. The number of hydrogen-bond acceptors (Lipinski definition) is 3. The van der Waals surface area contributed by atoms with Gasteiger partial charge in [0.15, 0.2) is 5.76 Å². The van der Waals surface area contributed by atoms with E-state index in [2.05, 4.69) is 10.3 Å². The molecule has 0 saturated heterocycles. The maximum atomic E-state index is 6.07. The van der Waals surface area contributed by atoms with Crippen LogP contribution in [0.5, 0.6) is 0 Å². The molecule has 0 atom stereocenters. The molecule has 84 valence electrons. The molecule has 1 heterocycles. The zero-order valence-electron chi connectivity index (χ0n) is 9.03. The van der Waals surface area contributed by atoms with E-state index in [9.17, 15) is 0 Å². The van der Waals surface area contributed by atoms with Gasteiger partial charge in [-0.1, -0.05) is 30.7 Å². The normalized spacial score (nSPS) is 10.6. The van der Waals surface area contributed by atoms with Gasteiger partial charge in [-0.3, -0.25) is 0 Å². The van der Waals surface area contributed by atoms with Crippen molar-refractivity contribution in [3.63, 3.8) is 0 Å². The van der Waals surface area contributed by atoms with Gasteiger partial charge in [-0.05, 0) is 18.7 Å². The number of aromatic nitrogens is 1. The van der Waals surface area contributed by atoms with Gasteiger partial charge in [0.05, 0.1) is 17.8 Å². The maximum absolute atomic E-state index is 6.07. The molecular weight excluding hydrogens is 224 g/mol. The highest BCUT2D eigenvalue weighted by atomic mass is 35.5. The Kier molecular flexibility index (Phi) is 3.59. The molecule has 3 nitrogen and oxygen atoms in total. The summed E-state index contributed by atoms with van der Waals surface area (Å²) < 4.78 is 5.59. The Balaban J connectivity index is 2.22. The standard InChI is InChI=1S/C12H13ClN2O/c1-2-14-8-12-15-7-11(16-12)9-5-3-4-6-10(9)13/h3-7,14H,2,8H2,1H3. The van der Waals surface area contributed by atoms with Gasteiger partial charge in [0.25, 0.3) is 0 Å². The van der Waals surface area contributed by atoms with Crippen LogP contribution < -0.4 is 5.32 Å². The molecule has 0 spiro atoms. The summed E-state index contributed by atoms with van der Waals surface area (Å²) in [5, 5.41) is 3.83. The largest absolute Gasteiger partial charge is 0.439 e. The predicted molar refractivity (Wildman–Crippen MR) is 64.3 cm³/mol. The van der Waals surface area contributed by atoms with E-state index in [1.165, 1.54) is 0 Å². The number of halogens is 1. The number of nitrogens with one attached hydrogen (secondary N) is 1. The quantitative estimate of drug-likeness (QED) is 0.887. The van der Waals surface area contributed by atoms with Crippen molar-refractivity contribution in [2.24, 2.45) is 0 Å². The van der Waals surface area contributed by atoms with Gasteiger partial charge in [0, 0.05) is 5.56 Å². The van der Waals surface area contributed by atoms with Gasteiger partial charge in [-0.15, -0.1) is 0 Å².